The van der Waals surface area contributed by atoms with E-state index in [2.05, 4.69) is 5.32 Å². The third-order valence-electron chi connectivity index (χ3n) is 4.12. The number of carbonyl (C=O) groups is 1. The van der Waals surface area contributed by atoms with Gasteiger partial charge in [-0.05, 0) is 32.6 Å². The van der Waals surface area contributed by atoms with Crippen LogP contribution in [0.2, 0.25) is 0 Å². The van der Waals surface area contributed by atoms with Crippen LogP contribution in [-0.2, 0) is 19.6 Å². The Kier molecular flexibility index (Phi) is 5.04. The molecule has 0 spiro atoms. The molecule has 2 aliphatic heterocycles. The zero-order valence-electron chi connectivity index (χ0n) is 12.2. The topological polar surface area (TPSA) is 75.7 Å². The summed E-state index contributed by atoms with van der Waals surface area (Å²) in [5, 5.41) is 2.98. The summed E-state index contributed by atoms with van der Waals surface area (Å²) in [7, 11) is -3.21. The monoisotopic (exact) mass is 304 g/mol. The van der Waals surface area contributed by atoms with Crippen molar-refractivity contribution in [3.8, 4) is 0 Å². The minimum atomic E-state index is -3.21. The van der Waals surface area contributed by atoms with Gasteiger partial charge in [0.05, 0.1) is 24.3 Å². The van der Waals surface area contributed by atoms with Crippen LogP contribution in [0, 0.1) is 5.92 Å². The molecule has 0 saturated carbocycles. The number of ether oxygens (including phenoxy) is 1. The Bertz CT molecular complexity index is 445. The molecular formula is C13H24N2O4S. The van der Waals surface area contributed by atoms with E-state index in [1.165, 1.54) is 10.6 Å². The van der Waals surface area contributed by atoms with Gasteiger partial charge in [0.1, 0.15) is 0 Å². The summed E-state index contributed by atoms with van der Waals surface area (Å²) in [5.41, 5.74) is 0. The highest BCUT2D eigenvalue weighted by Gasteiger charge is 2.32. The fourth-order valence-electron chi connectivity index (χ4n) is 2.89. The second kappa shape index (κ2) is 6.41. The first-order valence-electron chi connectivity index (χ1n) is 7.25. The van der Waals surface area contributed by atoms with Crippen molar-refractivity contribution >= 4 is 15.9 Å². The van der Waals surface area contributed by atoms with E-state index in [0.717, 1.165) is 32.3 Å². The molecule has 2 aliphatic rings. The van der Waals surface area contributed by atoms with Crippen molar-refractivity contribution in [1.82, 2.24) is 9.62 Å². The first kappa shape index (κ1) is 15.7. The Morgan fingerprint density at radius 3 is 2.70 bits per heavy atom. The van der Waals surface area contributed by atoms with E-state index in [0.29, 0.717) is 13.1 Å². The summed E-state index contributed by atoms with van der Waals surface area (Å²) in [4.78, 5) is 12.2. The van der Waals surface area contributed by atoms with Crippen LogP contribution in [0.1, 0.15) is 32.6 Å². The predicted molar refractivity (Wildman–Crippen MR) is 75.7 cm³/mol. The standard InChI is InChI=1S/C13H24N2O4S/c1-10(12-6-4-8-19-12)14-13(16)11-5-3-7-15(9-11)20(2,17)18/h10-12H,3-9H2,1-2H3,(H,14,16)/t10-,11+,12-/m0/s1. The van der Waals surface area contributed by atoms with E-state index in [-0.39, 0.29) is 24.0 Å². The van der Waals surface area contributed by atoms with Crippen molar-refractivity contribution in [1.29, 1.82) is 0 Å². The van der Waals surface area contributed by atoms with Gasteiger partial charge in [-0.15, -0.1) is 0 Å². The molecule has 0 radical (unpaired) electrons. The smallest absolute Gasteiger partial charge is 0.224 e. The van der Waals surface area contributed by atoms with E-state index in [4.69, 9.17) is 4.74 Å². The van der Waals surface area contributed by atoms with E-state index >= 15 is 0 Å². The number of carbonyl (C=O) groups excluding carboxylic acids is 1. The summed E-state index contributed by atoms with van der Waals surface area (Å²) in [5.74, 6) is -0.302. The molecule has 1 N–H and O–H groups in total. The van der Waals surface area contributed by atoms with Gasteiger partial charge in [0.15, 0.2) is 0 Å². The van der Waals surface area contributed by atoms with Gasteiger partial charge < -0.3 is 10.1 Å². The maximum atomic E-state index is 12.2. The molecule has 7 heteroatoms. The molecule has 6 nitrogen and oxygen atoms in total. The minimum Gasteiger partial charge on any atom is -0.376 e. The van der Waals surface area contributed by atoms with Gasteiger partial charge in [0, 0.05) is 19.7 Å². The number of rotatable bonds is 4. The zero-order valence-corrected chi connectivity index (χ0v) is 13.0. The molecule has 0 aliphatic carbocycles. The average Bonchev–Trinajstić information content (AvgIpc) is 2.91. The first-order valence-corrected chi connectivity index (χ1v) is 9.10. The number of piperidine rings is 1. The largest absolute Gasteiger partial charge is 0.376 e. The summed E-state index contributed by atoms with van der Waals surface area (Å²) in [6.45, 7) is 3.52. The number of hydrogen-bond donors (Lipinski definition) is 1. The van der Waals surface area contributed by atoms with Crippen molar-refractivity contribution in [3.05, 3.63) is 0 Å². The molecule has 2 saturated heterocycles. The van der Waals surface area contributed by atoms with Crippen LogP contribution in [0.4, 0.5) is 0 Å². The Morgan fingerprint density at radius 1 is 1.35 bits per heavy atom. The van der Waals surface area contributed by atoms with Crippen molar-refractivity contribution < 1.29 is 17.9 Å². The number of nitrogens with zero attached hydrogens (tertiary/aromatic N) is 1. The van der Waals surface area contributed by atoms with Gasteiger partial charge in [-0.1, -0.05) is 0 Å². The lowest BCUT2D eigenvalue weighted by atomic mass is 9.98. The van der Waals surface area contributed by atoms with E-state index in [9.17, 15) is 13.2 Å². The second-order valence-corrected chi connectivity index (χ2v) is 7.79. The molecule has 116 valence electrons. The van der Waals surface area contributed by atoms with Gasteiger partial charge in [-0.2, -0.15) is 0 Å². The minimum absolute atomic E-state index is 0.0152. The quantitative estimate of drug-likeness (QED) is 0.813. The SMILES string of the molecule is C[C@H](NC(=O)[C@@H]1CCCN(S(C)(=O)=O)C1)[C@@H]1CCCO1. The van der Waals surface area contributed by atoms with E-state index in [1.54, 1.807) is 0 Å². The maximum absolute atomic E-state index is 12.2. The Balaban J connectivity index is 1.88. The van der Waals surface area contributed by atoms with Crippen LogP contribution in [0.5, 0.6) is 0 Å². The maximum Gasteiger partial charge on any atom is 0.224 e. The third kappa shape index (κ3) is 3.93. The van der Waals surface area contributed by atoms with Gasteiger partial charge in [0.25, 0.3) is 0 Å². The van der Waals surface area contributed by atoms with Crippen molar-refractivity contribution in [3.63, 3.8) is 0 Å². The van der Waals surface area contributed by atoms with Crippen LogP contribution in [0.3, 0.4) is 0 Å². The van der Waals surface area contributed by atoms with Gasteiger partial charge in [0.2, 0.25) is 15.9 Å². The molecule has 20 heavy (non-hydrogen) atoms. The highest BCUT2D eigenvalue weighted by molar-refractivity contribution is 7.88. The molecule has 3 atom stereocenters. The fraction of sp³-hybridized carbons (Fsp3) is 0.923. The number of sulfonamides is 1. The Hall–Kier alpha value is -0.660. The average molecular weight is 304 g/mol. The predicted octanol–water partition coefficient (Wildman–Crippen LogP) is 0.342. The van der Waals surface area contributed by atoms with Crippen LogP contribution >= 0.6 is 0 Å². The zero-order chi connectivity index (χ0) is 14.8. The summed E-state index contributed by atoms with van der Waals surface area (Å²) < 4.78 is 30.1. The van der Waals surface area contributed by atoms with Crippen LogP contribution in [-0.4, -0.2) is 56.7 Å². The number of amides is 1. The van der Waals surface area contributed by atoms with Crippen LogP contribution < -0.4 is 5.32 Å². The summed E-state index contributed by atoms with van der Waals surface area (Å²) >= 11 is 0. The van der Waals surface area contributed by atoms with Crippen molar-refractivity contribution in [2.24, 2.45) is 5.92 Å². The van der Waals surface area contributed by atoms with Crippen molar-refractivity contribution in [2.45, 2.75) is 44.8 Å². The number of nitrogens with one attached hydrogen (secondary N) is 1. The fourth-order valence-corrected chi connectivity index (χ4v) is 3.80. The Morgan fingerprint density at radius 2 is 2.10 bits per heavy atom. The molecular weight excluding hydrogens is 280 g/mol. The molecule has 0 aromatic heterocycles. The van der Waals surface area contributed by atoms with Crippen LogP contribution in [0.25, 0.3) is 0 Å². The van der Waals surface area contributed by atoms with Gasteiger partial charge in [-0.3, -0.25) is 4.79 Å². The number of hydrogen-bond acceptors (Lipinski definition) is 4. The molecule has 2 heterocycles. The summed E-state index contributed by atoms with van der Waals surface area (Å²) in [6.07, 6.45) is 4.78. The molecule has 0 aromatic carbocycles. The van der Waals surface area contributed by atoms with Gasteiger partial charge in [-0.25, -0.2) is 12.7 Å². The molecule has 0 bridgehead atoms. The third-order valence-corrected chi connectivity index (χ3v) is 5.39. The normalized spacial score (nSPS) is 30.1. The first-order chi connectivity index (χ1) is 9.38. The molecule has 2 rings (SSSR count). The molecule has 1 amide bonds. The molecule has 2 fully saturated rings. The van der Waals surface area contributed by atoms with Gasteiger partial charge >= 0.3 is 0 Å². The Labute approximate surface area is 120 Å². The lowest BCUT2D eigenvalue weighted by Gasteiger charge is -2.31. The van der Waals surface area contributed by atoms with Crippen molar-refractivity contribution in [2.75, 3.05) is 26.0 Å². The summed E-state index contributed by atoms with van der Waals surface area (Å²) in [6, 6.07) is -0.0152. The van der Waals surface area contributed by atoms with Crippen LogP contribution in [0.15, 0.2) is 0 Å². The lowest BCUT2D eigenvalue weighted by Crippen LogP contribution is -2.49. The second-order valence-electron chi connectivity index (χ2n) is 5.81. The van der Waals surface area contributed by atoms with E-state index < -0.39 is 10.0 Å². The molecule has 0 aromatic rings. The highest BCUT2D eigenvalue weighted by Crippen LogP contribution is 2.20. The lowest BCUT2D eigenvalue weighted by molar-refractivity contribution is -0.127. The highest BCUT2D eigenvalue weighted by atomic mass is 32.2. The van der Waals surface area contributed by atoms with E-state index in [1.807, 2.05) is 6.92 Å². The molecule has 0 unspecified atom stereocenters.